The van der Waals surface area contributed by atoms with E-state index >= 15 is 0 Å². The summed E-state index contributed by atoms with van der Waals surface area (Å²) in [5, 5.41) is 9.50. The van der Waals surface area contributed by atoms with E-state index in [1.54, 1.807) is 0 Å². The zero-order valence-corrected chi connectivity index (χ0v) is 13.1. The van der Waals surface area contributed by atoms with E-state index in [0.717, 1.165) is 51.4 Å². The molecule has 116 valence electrons. The van der Waals surface area contributed by atoms with Crippen LogP contribution in [-0.4, -0.2) is 59.6 Å². The van der Waals surface area contributed by atoms with Crippen molar-refractivity contribution < 1.29 is 9.90 Å². The average molecular weight is 282 g/mol. The molecule has 1 N–H and O–H groups in total. The van der Waals surface area contributed by atoms with Crippen LogP contribution in [0.2, 0.25) is 0 Å². The Bertz CT molecular complexity index is 314. The maximum Gasteiger partial charge on any atom is 0.308 e. The highest BCUT2D eigenvalue weighted by Crippen LogP contribution is 2.34. The highest BCUT2D eigenvalue weighted by Gasteiger charge is 2.38. The van der Waals surface area contributed by atoms with Gasteiger partial charge in [-0.1, -0.05) is 20.3 Å². The van der Waals surface area contributed by atoms with Crippen molar-refractivity contribution in [2.24, 2.45) is 11.8 Å². The van der Waals surface area contributed by atoms with Crippen molar-refractivity contribution >= 4 is 5.97 Å². The van der Waals surface area contributed by atoms with Gasteiger partial charge in [0, 0.05) is 32.2 Å². The largest absolute Gasteiger partial charge is 0.481 e. The number of carboxylic acid groups (broad SMARTS) is 1. The second kappa shape index (κ2) is 7.41. The van der Waals surface area contributed by atoms with E-state index in [1.165, 1.54) is 19.4 Å². The molecule has 0 spiro atoms. The average Bonchev–Trinajstić information content (AvgIpc) is 2.47. The molecule has 4 nitrogen and oxygen atoms in total. The molecule has 2 aliphatic rings. The predicted molar refractivity (Wildman–Crippen MR) is 80.8 cm³/mol. The Balaban J connectivity index is 1.95. The number of hydrogen-bond acceptors (Lipinski definition) is 3. The van der Waals surface area contributed by atoms with Crippen LogP contribution in [0.25, 0.3) is 0 Å². The standard InChI is InChI=1S/C16H30N2O2/c1-3-7-17-8-10-18(11-9-17)15-12-13(4-2)5-6-14(15)16(19)20/h13-15H,3-12H2,1-2H3,(H,19,20). The molecule has 1 saturated heterocycles. The second-order valence-electron chi connectivity index (χ2n) is 6.48. The highest BCUT2D eigenvalue weighted by atomic mass is 16.4. The molecule has 3 atom stereocenters. The second-order valence-corrected chi connectivity index (χ2v) is 6.48. The van der Waals surface area contributed by atoms with Crippen LogP contribution in [0.15, 0.2) is 0 Å². The lowest BCUT2D eigenvalue weighted by atomic mass is 9.76. The lowest BCUT2D eigenvalue weighted by Crippen LogP contribution is -2.55. The van der Waals surface area contributed by atoms with Gasteiger partial charge in [0.05, 0.1) is 5.92 Å². The highest BCUT2D eigenvalue weighted by molar-refractivity contribution is 5.71. The van der Waals surface area contributed by atoms with Gasteiger partial charge >= 0.3 is 5.97 Å². The Morgan fingerprint density at radius 2 is 1.85 bits per heavy atom. The SMILES string of the molecule is CCCN1CCN(C2CC(CC)CCC2C(=O)O)CC1. The maximum absolute atomic E-state index is 11.5. The van der Waals surface area contributed by atoms with E-state index in [9.17, 15) is 9.90 Å². The Morgan fingerprint density at radius 1 is 1.15 bits per heavy atom. The summed E-state index contributed by atoms with van der Waals surface area (Å²) in [6.07, 6.45) is 5.45. The van der Waals surface area contributed by atoms with Gasteiger partial charge in [0.1, 0.15) is 0 Å². The first-order valence-electron chi connectivity index (χ1n) is 8.34. The lowest BCUT2D eigenvalue weighted by Gasteiger charge is -2.44. The van der Waals surface area contributed by atoms with Crippen LogP contribution in [0, 0.1) is 11.8 Å². The molecule has 1 saturated carbocycles. The van der Waals surface area contributed by atoms with Crippen molar-refractivity contribution in [3.8, 4) is 0 Å². The first-order chi connectivity index (χ1) is 9.65. The molecule has 1 aliphatic heterocycles. The molecule has 0 radical (unpaired) electrons. The number of hydrogen-bond donors (Lipinski definition) is 1. The lowest BCUT2D eigenvalue weighted by molar-refractivity contribution is -0.146. The molecule has 4 heteroatoms. The zero-order valence-electron chi connectivity index (χ0n) is 13.1. The van der Waals surface area contributed by atoms with E-state index < -0.39 is 5.97 Å². The fraction of sp³-hybridized carbons (Fsp3) is 0.938. The fourth-order valence-corrected chi connectivity index (χ4v) is 3.93. The van der Waals surface area contributed by atoms with E-state index in [4.69, 9.17) is 0 Å². The summed E-state index contributed by atoms with van der Waals surface area (Å²) in [6, 6.07) is 0.273. The van der Waals surface area contributed by atoms with E-state index in [1.807, 2.05) is 0 Å². The molecule has 0 amide bonds. The summed E-state index contributed by atoms with van der Waals surface area (Å²) >= 11 is 0. The fourth-order valence-electron chi connectivity index (χ4n) is 3.93. The summed E-state index contributed by atoms with van der Waals surface area (Å²) in [7, 11) is 0. The van der Waals surface area contributed by atoms with Crippen LogP contribution in [0.4, 0.5) is 0 Å². The molecule has 0 aromatic heterocycles. The van der Waals surface area contributed by atoms with Crippen molar-refractivity contribution in [2.75, 3.05) is 32.7 Å². The summed E-state index contributed by atoms with van der Waals surface area (Å²) in [6.45, 7) is 9.94. The van der Waals surface area contributed by atoms with Gasteiger partial charge in [-0.05, 0) is 38.1 Å². The summed E-state index contributed by atoms with van der Waals surface area (Å²) in [5.41, 5.74) is 0. The maximum atomic E-state index is 11.5. The smallest absolute Gasteiger partial charge is 0.308 e. The normalized spacial score (nSPS) is 33.2. The first-order valence-corrected chi connectivity index (χ1v) is 8.34. The number of rotatable bonds is 5. The summed E-state index contributed by atoms with van der Waals surface area (Å²) < 4.78 is 0. The third-order valence-electron chi connectivity index (χ3n) is 5.24. The minimum Gasteiger partial charge on any atom is -0.481 e. The minimum absolute atomic E-state index is 0.143. The van der Waals surface area contributed by atoms with Crippen LogP contribution in [-0.2, 0) is 4.79 Å². The van der Waals surface area contributed by atoms with Crippen molar-refractivity contribution in [1.29, 1.82) is 0 Å². The third-order valence-corrected chi connectivity index (χ3v) is 5.24. The molecule has 0 bridgehead atoms. The Hall–Kier alpha value is -0.610. The van der Waals surface area contributed by atoms with E-state index in [-0.39, 0.29) is 12.0 Å². The van der Waals surface area contributed by atoms with Gasteiger partial charge < -0.3 is 10.0 Å². The van der Waals surface area contributed by atoms with Crippen molar-refractivity contribution in [3.63, 3.8) is 0 Å². The van der Waals surface area contributed by atoms with Gasteiger partial charge in [-0.3, -0.25) is 9.69 Å². The van der Waals surface area contributed by atoms with Crippen LogP contribution >= 0.6 is 0 Å². The number of aliphatic carboxylic acids is 1. The Morgan fingerprint density at radius 3 is 2.40 bits per heavy atom. The molecule has 2 rings (SSSR count). The quantitative estimate of drug-likeness (QED) is 0.840. The van der Waals surface area contributed by atoms with Crippen molar-refractivity contribution in [3.05, 3.63) is 0 Å². The molecule has 0 aromatic carbocycles. The first kappa shape index (κ1) is 15.8. The summed E-state index contributed by atoms with van der Waals surface area (Å²) in [4.78, 5) is 16.5. The van der Waals surface area contributed by atoms with Crippen molar-refractivity contribution in [1.82, 2.24) is 9.80 Å². The predicted octanol–water partition coefficient (Wildman–Crippen LogP) is 2.29. The van der Waals surface area contributed by atoms with Crippen LogP contribution in [0.1, 0.15) is 46.0 Å². The minimum atomic E-state index is -0.583. The van der Waals surface area contributed by atoms with Gasteiger partial charge in [0.25, 0.3) is 0 Å². The molecule has 3 unspecified atom stereocenters. The van der Waals surface area contributed by atoms with E-state index in [0.29, 0.717) is 0 Å². The molecule has 2 fully saturated rings. The van der Waals surface area contributed by atoms with Gasteiger partial charge in [-0.25, -0.2) is 0 Å². The number of carbonyl (C=O) groups is 1. The molecular formula is C16H30N2O2. The third kappa shape index (κ3) is 3.73. The van der Waals surface area contributed by atoms with E-state index in [2.05, 4.69) is 23.6 Å². The van der Waals surface area contributed by atoms with Crippen LogP contribution < -0.4 is 0 Å². The Labute approximate surface area is 123 Å². The Kier molecular flexibility index (Phi) is 5.85. The van der Waals surface area contributed by atoms with Gasteiger partial charge in [-0.15, -0.1) is 0 Å². The van der Waals surface area contributed by atoms with Gasteiger partial charge in [0.15, 0.2) is 0 Å². The van der Waals surface area contributed by atoms with Gasteiger partial charge in [-0.2, -0.15) is 0 Å². The van der Waals surface area contributed by atoms with Crippen molar-refractivity contribution in [2.45, 2.75) is 52.0 Å². The number of nitrogens with zero attached hydrogens (tertiary/aromatic N) is 2. The van der Waals surface area contributed by atoms with Crippen LogP contribution in [0.5, 0.6) is 0 Å². The monoisotopic (exact) mass is 282 g/mol. The van der Waals surface area contributed by atoms with Crippen LogP contribution in [0.3, 0.4) is 0 Å². The molecule has 1 aliphatic carbocycles. The zero-order chi connectivity index (χ0) is 14.5. The molecule has 0 aromatic rings. The summed E-state index contributed by atoms with van der Waals surface area (Å²) in [5.74, 6) is 0.000312. The van der Waals surface area contributed by atoms with Gasteiger partial charge in [0.2, 0.25) is 0 Å². The number of carboxylic acids is 1. The molecule has 1 heterocycles. The topological polar surface area (TPSA) is 43.8 Å². The number of piperazine rings is 1. The molecule has 20 heavy (non-hydrogen) atoms. The molecular weight excluding hydrogens is 252 g/mol.